The third-order valence-corrected chi connectivity index (χ3v) is 12.2. The Balaban J connectivity index is 1.46. The number of carbonyl (C=O) groups excluding carboxylic acids is 2. The van der Waals surface area contributed by atoms with Gasteiger partial charge < -0.3 is 9.47 Å². The number of alkyl halides is 3. The van der Waals surface area contributed by atoms with Crippen LogP contribution in [0.15, 0.2) is 101 Å². The van der Waals surface area contributed by atoms with Crippen LogP contribution >= 0.6 is 10.8 Å². The van der Waals surface area contributed by atoms with E-state index in [0.717, 1.165) is 72.3 Å². The van der Waals surface area contributed by atoms with Gasteiger partial charge in [-0.05, 0) is 131 Å². The molecule has 3 aromatic rings. The number of aryl methyl sites for hydroxylation is 2. The minimum absolute atomic E-state index is 0.0125. The summed E-state index contributed by atoms with van der Waals surface area (Å²) in [7, 11) is -2.78. The van der Waals surface area contributed by atoms with Crippen LogP contribution in [0.3, 0.4) is 0 Å². The van der Waals surface area contributed by atoms with E-state index in [-0.39, 0.29) is 29.5 Å². The Labute approximate surface area is 316 Å². The van der Waals surface area contributed by atoms with Crippen LogP contribution in [0.1, 0.15) is 69.2 Å². The molecule has 0 bridgehead atoms. The predicted octanol–water partition coefficient (Wildman–Crippen LogP) is 11.5. The van der Waals surface area contributed by atoms with Crippen LogP contribution < -0.4 is 0 Å². The van der Waals surface area contributed by atoms with Crippen molar-refractivity contribution in [3.63, 3.8) is 0 Å². The van der Waals surface area contributed by atoms with Crippen molar-refractivity contribution in [3.8, 4) is 16.9 Å². The summed E-state index contributed by atoms with van der Waals surface area (Å²) < 4.78 is 72.3. The number of benzene rings is 2. The standard InChI is InChI=1S/C41H48F3N3O6S/c1-26(2)32-14-10-30(11-15-32)24-52-39(48)47(40(49)53-25-31-12-16-33(17-13-31)27(3)4)54(50,51-7)35-20-18-34(19-21-35)46-37(23-38(45-46)41(42,43)44)36-22-28(5)8-9-29(36)6/h8-10,12,18-23,32-33,50H,1,3,11,13-17,24-25H2,2,4-7H3/t32-,33?/m1/s1. The van der Waals surface area contributed by atoms with Crippen LogP contribution in [0.5, 0.6) is 0 Å². The third kappa shape index (κ3) is 9.19. The lowest BCUT2D eigenvalue weighted by molar-refractivity contribution is -0.141. The molecule has 290 valence electrons. The molecular weight excluding hydrogens is 720 g/mol. The highest BCUT2D eigenvalue weighted by Crippen LogP contribution is 2.56. The molecule has 54 heavy (non-hydrogen) atoms. The molecule has 0 saturated carbocycles. The fourth-order valence-electron chi connectivity index (χ4n) is 6.60. The number of imide groups is 1. The van der Waals surface area contributed by atoms with E-state index in [1.807, 2.05) is 45.1 Å². The number of halogens is 3. The molecule has 2 amide bonds. The molecule has 0 radical (unpaired) electrons. The summed E-state index contributed by atoms with van der Waals surface area (Å²) >= 11 is 0. The maximum absolute atomic E-state index is 13.9. The molecular formula is C41H48F3N3O6S. The predicted molar refractivity (Wildman–Crippen MR) is 204 cm³/mol. The van der Waals surface area contributed by atoms with E-state index in [4.69, 9.17) is 13.7 Å². The quantitative estimate of drug-likeness (QED) is 0.194. The zero-order valence-corrected chi connectivity index (χ0v) is 32.2. The first-order valence-corrected chi connectivity index (χ1v) is 19.3. The number of rotatable bonds is 11. The molecule has 1 N–H and O–H groups in total. The van der Waals surface area contributed by atoms with E-state index < -0.39 is 34.8 Å². The van der Waals surface area contributed by atoms with E-state index in [1.54, 1.807) is 13.0 Å². The van der Waals surface area contributed by atoms with Gasteiger partial charge in [0.25, 0.3) is 0 Å². The Morgan fingerprint density at radius 1 is 0.907 bits per heavy atom. The molecule has 2 aromatic carbocycles. The highest BCUT2D eigenvalue weighted by Gasteiger charge is 2.41. The lowest BCUT2D eigenvalue weighted by Gasteiger charge is -2.42. The summed E-state index contributed by atoms with van der Waals surface area (Å²) in [5.41, 5.74) is 5.41. The molecule has 1 aromatic heterocycles. The van der Waals surface area contributed by atoms with Crippen LogP contribution in [0.4, 0.5) is 22.8 Å². The van der Waals surface area contributed by atoms with Gasteiger partial charge in [0.05, 0.1) is 23.4 Å². The van der Waals surface area contributed by atoms with Crippen molar-refractivity contribution < 1.29 is 41.0 Å². The molecule has 2 aliphatic rings. The Bertz CT molecular complexity index is 1910. The van der Waals surface area contributed by atoms with Gasteiger partial charge >= 0.3 is 18.4 Å². The molecule has 0 fully saturated rings. The molecule has 0 saturated heterocycles. The number of allylic oxidation sites excluding steroid dienone is 4. The lowest BCUT2D eigenvalue weighted by Crippen LogP contribution is -2.41. The van der Waals surface area contributed by atoms with Crippen molar-refractivity contribution in [3.05, 3.63) is 113 Å². The van der Waals surface area contributed by atoms with Gasteiger partial charge in [0.15, 0.2) is 5.69 Å². The first kappa shape index (κ1) is 40.6. The Kier molecular flexibility index (Phi) is 12.7. The number of nitrogens with zero attached hydrogens (tertiary/aromatic N) is 3. The molecule has 13 heteroatoms. The maximum atomic E-state index is 13.9. The lowest BCUT2D eigenvalue weighted by atomic mass is 9.86. The van der Waals surface area contributed by atoms with Gasteiger partial charge in [-0.3, -0.25) is 8.74 Å². The maximum Gasteiger partial charge on any atom is 0.439 e. The fourth-order valence-corrected chi connectivity index (χ4v) is 8.15. The summed E-state index contributed by atoms with van der Waals surface area (Å²) in [4.78, 5) is 27.6. The zero-order valence-electron chi connectivity index (χ0n) is 31.4. The number of carbonyl (C=O) groups is 2. The molecule has 0 aliphatic heterocycles. The summed E-state index contributed by atoms with van der Waals surface area (Å²) in [6.45, 7) is 15.5. The molecule has 3 atom stereocenters. The largest absolute Gasteiger partial charge is 0.443 e. The second-order valence-corrected chi connectivity index (χ2v) is 16.2. The van der Waals surface area contributed by atoms with Gasteiger partial charge in [-0.1, -0.05) is 69.2 Å². The monoisotopic (exact) mass is 767 g/mol. The van der Waals surface area contributed by atoms with Gasteiger partial charge in [-0.15, -0.1) is 0 Å². The Morgan fingerprint density at radius 3 is 1.89 bits per heavy atom. The molecule has 0 spiro atoms. The van der Waals surface area contributed by atoms with E-state index >= 15 is 0 Å². The molecule has 9 nitrogen and oxygen atoms in total. The van der Waals surface area contributed by atoms with Crippen LogP contribution in [0, 0.1) is 25.7 Å². The summed E-state index contributed by atoms with van der Waals surface area (Å²) in [6.07, 6.45) is 1.46. The smallest absolute Gasteiger partial charge is 0.439 e. The van der Waals surface area contributed by atoms with Crippen LogP contribution in [0.2, 0.25) is 0 Å². The van der Waals surface area contributed by atoms with Gasteiger partial charge in [0.2, 0.25) is 0 Å². The summed E-state index contributed by atoms with van der Waals surface area (Å²) in [5, 5.41) is 3.89. The summed E-state index contributed by atoms with van der Waals surface area (Å²) in [6, 6.07) is 12.0. The van der Waals surface area contributed by atoms with E-state index in [2.05, 4.69) is 18.3 Å². The first-order valence-electron chi connectivity index (χ1n) is 17.8. The molecule has 2 unspecified atom stereocenters. The van der Waals surface area contributed by atoms with Crippen molar-refractivity contribution in [1.82, 2.24) is 14.1 Å². The summed E-state index contributed by atoms with van der Waals surface area (Å²) in [5.74, 6) is 0.667. The molecule has 1 heterocycles. The normalized spacial score (nSPS) is 19.1. The average Bonchev–Trinajstić information content (AvgIpc) is 3.61. The number of ether oxygens (including phenoxy) is 2. The second kappa shape index (κ2) is 16.8. The van der Waals surface area contributed by atoms with Crippen LogP contribution in [0.25, 0.3) is 16.9 Å². The first-order chi connectivity index (χ1) is 25.5. The molecule has 5 rings (SSSR count). The fraction of sp³-hybridized carbons (Fsp3) is 0.390. The van der Waals surface area contributed by atoms with Gasteiger partial charge in [0.1, 0.15) is 13.2 Å². The SMILES string of the molecule is C=C(C)C1CC=C(COC(=O)N(C(=O)OCC2=CC[C@@H](C(=C)C)CC2)S(O)(OC)c2ccc(-n3nc(C(F)(F)F)cc3-c3cc(C)ccc3C)cc2)CC1. The average molecular weight is 768 g/mol. The Hall–Kier alpha value is -4.59. The van der Waals surface area contributed by atoms with Crippen molar-refractivity contribution in [2.45, 2.75) is 77.3 Å². The Morgan fingerprint density at radius 2 is 1.44 bits per heavy atom. The van der Waals surface area contributed by atoms with Gasteiger partial charge in [-0.2, -0.15) is 18.3 Å². The zero-order chi connectivity index (χ0) is 39.4. The minimum atomic E-state index is -4.71. The van der Waals surface area contributed by atoms with E-state index in [9.17, 15) is 27.3 Å². The third-order valence-electron chi connectivity index (χ3n) is 10.0. The molecule has 2 aliphatic carbocycles. The number of amides is 2. The van der Waals surface area contributed by atoms with Crippen molar-refractivity contribution in [2.75, 3.05) is 20.3 Å². The number of aromatic nitrogens is 2. The number of hydrogen-bond donors (Lipinski definition) is 1. The second-order valence-electron chi connectivity index (χ2n) is 14.1. The highest BCUT2D eigenvalue weighted by atomic mass is 32.3. The minimum Gasteiger partial charge on any atom is -0.443 e. The number of hydrogen-bond acceptors (Lipinski definition) is 7. The van der Waals surface area contributed by atoms with Crippen molar-refractivity contribution in [1.29, 1.82) is 0 Å². The van der Waals surface area contributed by atoms with Crippen molar-refractivity contribution >= 4 is 23.0 Å². The highest BCUT2D eigenvalue weighted by molar-refractivity contribution is 8.23. The van der Waals surface area contributed by atoms with Gasteiger partial charge in [0, 0.05) is 5.56 Å². The van der Waals surface area contributed by atoms with E-state index in [1.165, 1.54) is 28.9 Å². The van der Waals surface area contributed by atoms with E-state index in [0.29, 0.717) is 34.5 Å². The van der Waals surface area contributed by atoms with Gasteiger partial charge in [-0.25, -0.2) is 14.3 Å². The van der Waals surface area contributed by atoms with Crippen LogP contribution in [-0.4, -0.2) is 51.1 Å². The topological polar surface area (TPSA) is 103 Å². The van der Waals surface area contributed by atoms with Crippen molar-refractivity contribution in [2.24, 2.45) is 11.8 Å². The van der Waals surface area contributed by atoms with Crippen LogP contribution in [-0.2, 0) is 19.8 Å².